The third-order valence-corrected chi connectivity index (χ3v) is 4.85. The molecule has 0 aromatic rings. The van der Waals surface area contributed by atoms with Crippen LogP contribution in [0.5, 0.6) is 0 Å². The Balaban J connectivity index is 1.90. The molecular formula is C15H29NO. The predicted octanol–water partition coefficient (Wildman–Crippen LogP) is 3.10. The van der Waals surface area contributed by atoms with Crippen molar-refractivity contribution in [1.82, 2.24) is 5.32 Å². The van der Waals surface area contributed by atoms with E-state index in [0.29, 0.717) is 6.04 Å². The highest BCUT2D eigenvalue weighted by atomic mass is 16.3. The fourth-order valence-corrected chi connectivity index (χ4v) is 3.91. The van der Waals surface area contributed by atoms with Crippen molar-refractivity contribution >= 4 is 0 Å². The molecule has 2 N–H and O–H groups in total. The largest absolute Gasteiger partial charge is 0.395 e. The van der Waals surface area contributed by atoms with E-state index in [1.165, 1.54) is 57.8 Å². The van der Waals surface area contributed by atoms with Crippen LogP contribution in [-0.2, 0) is 0 Å². The Kier molecular flexibility index (Phi) is 5.30. The lowest BCUT2D eigenvalue weighted by Gasteiger charge is -2.40. The molecule has 2 saturated carbocycles. The van der Waals surface area contributed by atoms with Crippen molar-refractivity contribution in [3.63, 3.8) is 0 Å². The average molecular weight is 239 g/mol. The van der Waals surface area contributed by atoms with Crippen molar-refractivity contribution in [1.29, 1.82) is 0 Å². The van der Waals surface area contributed by atoms with Gasteiger partial charge in [-0.15, -0.1) is 0 Å². The molecule has 2 aliphatic carbocycles. The summed E-state index contributed by atoms with van der Waals surface area (Å²) in [5.41, 5.74) is 0. The Morgan fingerprint density at radius 2 is 1.65 bits per heavy atom. The average Bonchev–Trinajstić information content (AvgIpc) is 2.40. The molecule has 2 nitrogen and oxygen atoms in total. The van der Waals surface area contributed by atoms with Gasteiger partial charge in [0, 0.05) is 12.1 Å². The first-order valence-corrected chi connectivity index (χ1v) is 7.68. The smallest absolute Gasteiger partial charge is 0.0582 e. The fraction of sp³-hybridized carbons (Fsp3) is 1.00. The van der Waals surface area contributed by atoms with Gasteiger partial charge in [-0.05, 0) is 31.6 Å². The van der Waals surface area contributed by atoms with Gasteiger partial charge in [0.1, 0.15) is 0 Å². The normalized spacial score (nSPS) is 33.5. The molecule has 0 amide bonds. The molecule has 2 fully saturated rings. The molecule has 2 unspecified atom stereocenters. The first-order chi connectivity index (χ1) is 8.31. The number of rotatable bonds is 4. The highest BCUT2D eigenvalue weighted by molar-refractivity contribution is 4.88. The first kappa shape index (κ1) is 13.4. The van der Waals surface area contributed by atoms with Gasteiger partial charge in [0.25, 0.3) is 0 Å². The van der Waals surface area contributed by atoms with E-state index < -0.39 is 0 Å². The quantitative estimate of drug-likeness (QED) is 0.790. The van der Waals surface area contributed by atoms with Crippen molar-refractivity contribution in [3.8, 4) is 0 Å². The molecule has 0 spiro atoms. The van der Waals surface area contributed by atoms with E-state index in [4.69, 9.17) is 0 Å². The molecule has 0 aliphatic heterocycles. The van der Waals surface area contributed by atoms with Crippen LogP contribution in [0.4, 0.5) is 0 Å². The standard InChI is InChI=1S/C15H29NO/c1-12(11-17)16-15-10-6-5-9-14(15)13-7-3-2-4-8-13/h12-17H,2-11H2,1H3/t12-,14?,15?/m1/s1. The molecule has 2 rings (SSSR count). The van der Waals surface area contributed by atoms with E-state index in [2.05, 4.69) is 12.2 Å². The minimum absolute atomic E-state index is 0.268. The van der Waals surface area contributed by atoms with Crippen LogP contribution in [0.3, 0.4) is 0 Å². The minimum Gasteiger partial charge on any atom is -0.395 e. The topological polar surface area (TPSA) is 32.3 Å². The summed E-state index contributed by atoms with van der Waals surface area (Å²) in [6, 6.07) is 0.943. The van der Waals surface area contributed by atoms with Gasteiger partial charge in [-0.1, -0.05) is 44.9 Å². The van der Waals surface area contributed by atoms with Gasteiger partial charge in [-0.2, -0.15) is 0 Å². The van der Waals surface area contributed by atoms with E-state index >= 15 is 0 Å². The SMILES string of the molecule is C[C@H](CO)NC1CCCCC1C1CCCCC1. The van der Waals surface area contributed by atoms with Crippen molar-refractivity contribution < 1.29 is 5.11 Å². The summed E-state index contributed by atoms with van der Waals surface area (Å²) in [7, 11) is 0. The zero-order valence-electron chi connectivity index (χ0n) is 11.3. The van der Waals surface area contributed by atoms with Gasteiger partial charge in [0.15, 0.2) is 0 Å². The van der Waals surface area contributed by atoms with Crippen molar-refractivity contribution in [2.24, 2.45) is 11.8 Å². The summed E-state index contributed by atoms with van der Waals surface area (Å²) in [6.07, 6.45) is 12.8. The van der Waals surface area contributed by atoms with Gasteiger partial charge in [-0.3, -0.25) is 0 Å². The third-order valence-electron chi connectivity index (χ3n) is 4.85. The number of hydrogen-bond acceptors (Lipinski definition) is 2. The molecule has 0 radical (unpaired) electrons. The van der Waals surface area contributed by atoms with E-state index in [-0.39, 0.29) is 12.6 Å². The number of aliphatic hydroxyl groups excluding tert-OH is 1. The van der Waals surface area contributed by atoms with Gasteiger partial charge in [0.2, 0.25) is 0 Å². The van der Waals surface area contributed by atoms with E-state index in [0.717, 1.165) is 11.8 Å². The Bertz CT molecular complexity index is 213. The summed E-state index contributed by atoms with van der Waals surface area (Å²) in [4.78, 5) is 0. The van der Waals surface area contributed by atoms with Gasteiger partial charge < -0.3 is 10.4 Å². The van der Waals surface area contributed by atoms with Crippen molar-refractivity contribution in [2.75, 3.05) is 6.61 Å². The van der Waals surface area contributed by atoms with Crippen LogP contribution < -0.4 is 5.32 Å². The highest BCUT2D eigenvalue weighted by Gasteiger charge is 2.32. The summed E-state index contributed by atoms with van der Waals surface area (Å²) >= 11 is 0. The molecule has 3 atom stereocenters. The van der Waals surface area contributed by atoms with Crippen LogP contribution >= 0.6 is 0 Å². The van der Waals surface area contributed by atoms with E-state index in [9.17, 15) is 5.11 Å². The molecule has 0 heterocycles. The van der Waals surface area contributed by atoms with Gasteiger partial charge >= 0.3 is 0 Å². The minimum atomic E-state index is 0.268. The Morgan fingerprint density at radius 1 is 1.00 bits per heavy atom. The molecular weight excluding hydrogens is 210 g/mol. The van der Waals surface area contributed by atoms with Crippen LogP contribution in [-0.4, -0.2) is 23.8 Å². The fourth-order valence-electron chi connectivity index (χ4n) is 3.91. The molecule has 0 saturated heterocycles. The molecule has 0 aromatic heterocycles. The molecule has 2 heteroatoms. The number of aliphatic hydroxyl groups is 1. The van der Waals surface area contributed by atoms with Crippen molar-refractivity contribution in [3.05, 3.63) is 0 Å². The third kappa shape index (κ3) is 3.69. The Labute approximate surface area is 106 Å². The van der Waals surface area contributed by atoms with E-state index in [1.54, 1.807) is 0 Å². The van der Waals surface area contributed by atoms with Crippen LogP contribution in [0.2, 0.25) is 0 Å². The molecule has 0 aromatic carbocycles. The molecule has 2 aliphatic rings. The Hall–Kier alpha value is -0.0800. The maximum atomic E-state index is 9.20. The lowest BCUT2D eigenvalue weighted by molar-refractivity contribution is 0.131. The molecule has 100 valence electrons. The zero-order chi connectivity index (χ0) is 12.1. The second-order valence-corrected chi connectivity index (χ2v) is 6.20. The van der Waals surface area contributed by atoms with Crippen LogP contribution in [0.15, 0.2) is 0 Å². The molecule has 0 bridgehead atoms. The maximum Gasteiger partial charge on any atom is 0.0582 e. The second kappa shape index (κ2) is 6.75. The first-order valence-electron chi connectivity index (χ1n) is 7.68. The lowest BCUT2D eigenvalue weighted by atomic mass is 9.71. The second-order valence-electron chi connectivity index (χ2n) is 6.20. The highest BCUT2D eigenvalue weighted by Crippen LogP contribution is 2.38. The van der Waals surface area contributed by atoms with Crippen molar-refractivity contribution in [2.45, 2.75) is 76.8 Å². The zero-order valence-corrected chi connectivity index (χ0v) is 11.3. The predicted molar refractivity (Wildman–Crippen MR) is 72.0 cm³/mol. The molecule has 17 heavy (non-hydrogen) atoms. The van der Waals surface area contributed by atoms with Crippen LogP contribution in [0, 0.1) is 11.8 Å². The van der Waals surface area contributed by atoms with E-state index in [1.807, 2.05) is 0 Å². The summed E-state index contributed by atoms with van der Waals surface area (Å²) in [6.45, 7) is 2.38. The maximum absolute atomic E-state index is 9.20. The van der Waals surface area contributed by atoms with Crippen LogP contribution in [0.25, 0.3) is 0 Å². The Morgan fingerprint density at radius 3 is 2.35 bits per heavy atom. The lowest BCUT2D eigenvalue weighted by Crippen LogP contribution is -2.47. The summed E-state index contributed by atoms with van der Waals surface area (Å²) in [5, 5.41) is 12.9. The summed E-state index contributed by atoms with van der Waals surface area (Å²) < 4.78 is 0. The number of nitrogens with one attached hydrogen (secondary N) is 1. The summed E-state index contributed by atoms with van der Waals surface area (Å²) in [5.74, 6) is 1.85. The monoisotopic (exact) mass is 239 g/mol. The number of hydrogen-bond donors (Lipinski definition) is 2. The van der Waals surface area contributed by atoms with Gasteiger partial charge in [0.05, 0.1) is 6.61 Å². The van der Waals surface area contributed by atoms with Crippen LogP contribution in [0.1, 0.15) is 64.7 Å². The van der Waals surface area contributed by atoms with Gasteiger partial charge in [-0.25, -0.2) is 0 Å².